The molecule has 0 bridgehead atoms. The Balaban J connectivity index is 1.95. The minimum Gasteiger partial charge on any atom is -0.493 e. The van der Waals surface area contributed by atoms with E-state index in [1.54, 1.807) is 0 Å². The van der Waals surface area contributed by atoms with Crippen LogP contribution in [0.25, 0.3) is 0 Å². The topological polar surface area (TPSA) is 21.3 Å². The van der Waals surface area contributed by atoms with Crippen LogP contribution in [0.4, 0.5) is 0 Å². The normalized spacial score (nSPS) is 19.6. The van der Waals surface area contributed by atoms with Gasteiger partial charge in [-0.1, -0.05) is 18.2 Å². The van der Waals surface area contributed by atoms with E-state index in [0.717, 1.165) is 25.3 Å². The van der Waals surface area contributed by atoms with Crippen molar-refractivity contribution in [2.75, 3.05) is 13.2 Å². The number of hydrogen-bond donors (Lipinski definition) is 1. The quantitative estimate of drug-likeness (QED) is 0.864. The van der Waals surface area contributed by atoms with Crippen LogP contribution in [-0.2, 0) is 0 Å². The monoisotopic (exact) mass is 233 g/mol. The van der Waals surface area contributed by atoms with Crippen LogP contribution in [0.2, 0.25) is 0 Å². The molecule has 1 N–H and O–H groups in total. The van der Waals surface area contributed by atoms with Crippen LogP contribution in [0.15, 0.2) is 24.3 Å². The highest BCUT2D eigenvalue weighted by atomic mass is 16.5. The summed E-state index contributed by atoms with van der Waals surface area (Å²) in [5.74, 6) is 1.73. The number of para-hydroxylation sites is 1. The van der Waals surface area contributed by atoms with Crippen LogP contribution >= 0.6 is 0 Å². The lowest BCUT2D eigenvalue weighted by Gasteiger charge is -2.27. The summed E-state index contributed by atoms with van der Waals surface area (Å²) in [7, 11) is 0. The van der Waals surface area contributed by atoms with Gasteiger partial charge in [-0.3, -0.25) is 0 Å². The number of nitrogens with one attached hydrogen (secondary N) is 1. The first-order chi connectivity index (χ1) is 8.06. The zero-order valence-corrected chi connectivity index (χ0v) is 11.1. The van der Waals surface area contributed by atoms with E-state index in [1.807, 2.05) is 0 Å². The molecular weight excluding hydrogens is 210 g/mol. The summed E-state index contributed by atoms with van der Waals surface area (Å²) >= 11 is 0. The van der Waals surface area contributed by atoms with Crippen LogP contribution in [0.5, 0.6) is 5.75 Å². The SMILES string of the molecule is CC(C)(C)NCCC1CCOc2ccccc21. The fourth-order valence-electron chi connectivity index (χ4n) is 2.34. The molecule has 2 rings (SSSR count). The molecule has 94 valence electrons. The molecule has 1 atom stereocenters. The van der Waals surface area contributed by atoms with E-state index in [0.29, 0.717) is 5.92 Å². The van der Waals surface area contributed by atoms with Gasteiger partial charge in [-0.25, -0.2) is 0 Å². The molecular formula is C15H23NO. The molecule has 0 amide bonds. The number of fused-ring (bicyclic) bond motifs is 1. The van der Waals surface area contributed by atoms with Crippen molar-refractivity contribution in [1.82, 2.24) is 5.32 Å². The molecule has 0 saturated heterocycles. The molecule has 0 aromatic heterocycles. The Morgan fingerprint density at radius 1 is 1.29 bits per heavy atom. The number of benzene rings is 1. The molecule has 17 heavy (non-hydrogen) atoms. The first kappa shape index (κ1) is 12.4. The Bertz CT molecular complexity index is 367. The summed E-state index contributed by atoms with van der Waals surface area (Å²) in [5.41, 5.74) is 1.60. The van der Waals surface area contributed by atoms with Crippen molar-refractivity contribution >= 4 is 0 Å². The molecule has 2 nitrogen and oxygen atoms in total. The first-order valence-corrected chi connectivity index (χ1v) is 6.53. The minimum atomic E-state index is 0.213. The summed E-state index contributed by atoms with van der Waals surface area (Å²) in [6.45, 7) is 8.57. The Hall–Kier alpha value is -1.02. The van der Waals surface area contributed by atoms with E-state index in [9.17, 15) is 0 Å². The van der Waals surface area contributed by atoms with Crippen molar-refractivity contribution < 1.29 is 4.74 Å². The van der Waals surface area contributed by atoms with Gasteiger partial charge in [0.15, 0.2) is 0 Å². The van der Waals surface area contributed by atoms with E-state index >= 15 is 0 Å². The van der Waals surface area contributed by atoms with Crippen molar-refractivity contribution in [3.8, 4) is 5.75 Å². The average Bonchev–Trinajstić information content (AvgIpc) is 2.28. The highest BCUT2D eigenvalue weighted by Crippen LogP contribution is 2.35. The zero-order valence-electron chi connectivity index (χ0n) is 11.1. The van der Waals surface area contributed by atoms with Crippen LogP contribution in [0.3, 0.4) is 0 Å². The Labute approximate surface area is 104 Å². The second-order valence-electron chi connectivity index (χ2n) is 5.84. The zero-order chi connectivity index (χ0) is 12.3. The molecule has 1 unspecified atom stereocenters. The van der Waals surface area contributed by atoms with E-state index < -0.39 is 0 Å². The molecule has 1 aromatic rings. The third-order valence-electron chi connectivity index (χ3n) is 3.23. The van der Waals surface area contributed by atoms with E-state index in [4.69, 9.17) is 4.74 Å². The van der Waals surface area contributed by atoms with Crippen LogP contribution < -0.4 is 10.1 Å². The van der Waals surface area contributed by atoms with Gasteiger partial charge >= 0.3 is 0 Å². The first-order valence-electron chi connectivity index (χ1n) is 6.53. The maximum atomic E-state index is 5.68. The Morgan fingerprint density at radius 3 is 2.82 bits per heavy atom. The summed E-state index contributed by atoms with van der Waals surface area (Å²) in [6.07, 6.45) is 2.33. The lowest BCUT2D eigenvalue weighted by molar-refractivity contribution is 0.260. The highest BCUT2D eigenvalue weighted by Gasteiger charge is 2.21. The number of rotatable bonds is 3. The lowest BCUT2D eigenvalue weighted by Crippen LogP contribution is -2.37. The molecule has 0 spiro atoms. The Kier molecular flexibility index (Phi) is 3.72. The summed E-state index contributed by atoms with van der Waals surface area (Å²) in [6, 6.07) is 8.45. The van der Waals surface area contributed by atoms with Gasteiger partial charge in [0.2, 0.25) is 0 Å². The lowest BCUT2D eigenvalue weighted by atomic mass is 9.90. The Morgan fingerprint density at radius 2 is 2.06 bits per heavy atom. The van der Waals surface area contributed by atoms with E-state index in [-0.39, 0.29) is 5.54 Å². The maximum Gasteiger partial charge on any atom is 0.122 e. The highest BCUT2D eigenvalue weighted by molar-refractivity contribution is 5.37. The van der Waals surface area contributed by atoms with Crippen molar-refractivity contribution in [3.05, 3.63) is 29.8 Å². The minimum absolute atomic E-state index is 0.213. The van der Waals surface area contributed by atoms with Gasteiger partial charge in [0.05, 0.1) is 6.61 Å². The molecule has 1 heterocycles. The summed E-state index contributed by atoms with van der Waals surface area (Å²) in [4.78, 5) is 0. The van der Waals surface area contributed by atoms with Crippen LogP contribution in [0, 0.1) is 0 Å². The van der Waals surface area contributed by atoms with Crippen molar-refractivity contribution in [2.24, 2.45) is 0 Å². The van der Waals surface area contributed by atoms with Crippen molar-refractivity contribution in [3.63, 3.8) is 0 Å². The predicted octanol–water partition coefficient (Wildman–Crippen LogP) is 3.33. The molecule has 0 fully saturated rings. The van der Waals surface area contributed by atoms with Gasteiger partial charge in [0, 0.05) is 5.54 Å². The second-order valence-corrected chi connectivity index (χ2v) is 5.84. The van der Waals surface area contributed by atoms with Gasteiger partial charge in [0.1, 0.15) is 5.75 Å². The summed E-state index contributed by atoms with van der Waals surface area (Å²) < 4.78 is 5.68. The van der Waals surface area contributed by atoms with Gasteiger partial charge in [-0.15, -0.1) is 0 Å². The van der Waals surface area contributed by atoms with E-state index in [1.165, 1.54) is 12.0 Å². The second kappa shape index (κ2) is 5.09. The van der Waals surface area contributed by atoms with Gasteiger partial charge in [-0.05, 0) is 57.7 Å². The standard InChI is InChI=1S/C15H23NO/c1-15(2,3)16-10-8-12-9-11-17-14-7-5-4-6-13(12)14/h4-7,12,16H,8-11H2,1-3H3. The molecule has 2 heteroatoms. The molecule has 1 aromatic carbocycles. The molecule has 1 aliphatic heterocycles. The van der Waals surface area contributed by atoms with Crippen LogP contribution in [0.1, 0.15) is 45.1 Å². The molecule has 1 aliphatic rings. The predicted molar refractivity (Wildman–Crippen MR) is 71.7 cm³/mol. The van der Waals surface area contributed by atoms with E-state index in [2.05, 4.69) is 50.4 Å². The molecule has 0 aliphatic carbocycles. The molecule has 0 radical (unpaired) electrons. The summed E-state index contributed by atoms with van der Waals surface area (Å²) in [5, 5.41) is 3.56. The fourth-order valence-corrected chi connectivity index (χ4v) is 2.34. The van der Waals surface area contributed by atoms with Gasteiger partial charge < -0.3 is 10.1 Å². The third kappa shape index (κ3) is 3.47. The smallest absolute Gasteiger partial charge is 0.122 e. The third-order valence-corrected chi connectivity index (χ3v) is 3.23. The van der Waals surface area contributed by atoms with Crippen molar-refractivity contribution in [2.45, 2.75) is 45.1 Å². The number of ether oxygens (including phenoxy) is 1. The maximum absolute atomic E-state index is 5.68. The van der Waals surface area contributed by atoms with Gasteiger partial charge in [0.25, 0.3) is 0 Å². The largest absolute Gasteiger partial charge is 0.493 e. The fraction of sp³-hybridized carbons (Fsp3) is 0.600. The van der Waals surface area contributed by atoms with Gasteiger partial charge in [-0.2, -0.15) is 0 Å². The van der Waals surface area contributed by atoms with Crippen LogP contribution in [-0.4, -0.2) is 18.7 Å². The molecule has 0 saturated carbocycles. The number of hydrogen-bond acceptors (Lipinski definition) is 2. The average molecular weight is 233 g/mol. The van der Waals surface area contributed by atoms with Crippen molar-refractivity contribution in [1.29, 1.82) is 0 Å².